The first-order valence-corrected chi connectivity index (χ1v) is 11.7. The first-order valence-electron chi connectivity index (χ1n) is 9.68. The Bertz CT molecular complexity index is 1030. The van der Waals surface area contributed by atoms with Gasteiger partial charge < -0.3 is 0 Å². The molecule has 2 aromatic rings. The first-order chi connectivity index (χ1) is 14.7. The molecule has 1 unspecified atom stereocenters. The van der Waals surface area contributed by atoms with Gasteiger partial charge in [-0.3, -0.25) is 0 Å². The molecule has 1 atom stereocenters. The number of nitrogens with one attached hydrogen (secondary N) is 1. The van der Waals surface area contributed by atoms with Gasteiger partial charge in [0.15, 0.2) is 0 Å². The fourth-order valence-electron chi connectivity index (χ4n) is 3.52. The van der Waals surface area contributed by atoms with Crippen LogP contribution in [0.3, 0.4) is 0 Å². The van der Waals surface area contributed by atoms with Crippen LogP contribution >= 0.6 is 0 Å². The van der Waals surface area contributed by atoms with Crippen LogP contribution in [0, 0.1) is 3.70 Å². The number of hydrogen-bond donors (Lipinski definition) is 1. The Balaban J connectivity index is 1.66. The quantitative estimate of drug-likeness (QED) is 0.386. The van der Waals surface area contributed by atoms with E-state index in [4.69, 9.17) is 0 Å². The van der Waals surface area contributed by atoms with Gasteiger partial charge in [0, 0.05) is 0 Å². The summed E-state index contributed by atoms with van der Waals surface area (Å²) in [6, 6.07) is 5.82. The minimum atomic E-state index is -4.54. The molecule has 166 valence electrons. The average Bonchev–Trinajstić information content (AvgIpc) is 3.17. The molecule has 2 aromatic heterocycles. The molecule has 1 fully saturated rings. The van der Waals surface area contributed by atoms with E-state index in [0.717, 1.165) is 9.77 Å². The fraction of sp³-hybridized carbons (Fsp3) is 0.400. The number of anilines is 1. The molecule has 0 aromatic carbocycles. The van der Waals surface area contributed by atoms with Crippen molar-refractivity contribution < 1.29 is 39.4 Å². The number of fused-ring (bicyclic) bond motifs is 1. The van der Waals surface area contributed by atoms with Crippen LogP contribution in [0.25, 0.3) is 0 Å². The van der Waals surface area contributed by atoms with Crippen LogP contribution in [0.5, 0.6) is 0 Å². The van der Waals surface area contributed by atoms with E-state index in [1.807, 2.05) is 4.90 Å². The molecule has 0 radical (unpaired) electrons. The average molecular weight is 545 g/mol. The third-order valence-electron chi connectivity index (χ3n) is 5.13. The molecule has 2 aliphatic rings. The molecule has 0 aliphatic carbocycles. The van der Waals surface area contributed by atoms with Crippen LogP contribution in [0.2, 0.25) is 0 Å². The number of hydrogen-bond acceptors (Lipinski definition) is 6. The molecule has 4 heterocycles. The number of halogens is 4. The van der Waals surface area contributed by atoms with Crippen molar-refractivity contribution in [3.05, 3.63) is 51.0 Å². The van der Waals surface area contributed by atoms with Gasteiger partial charge in [-0.2, -0.15) is 0 Å². The third-order valence-corrected chi connectivity index (χ3v) is 7.17. The molecule has 4 rings (SSSR count). The van der Waals surface area contributed by atoms with Crippen LogP contribution in [0.15, 0.2) is 33.7 Å². The van der Waals surface area contributed by atoms with Gasteiger partial charge in [0.2, 0.25) is 0 Å². The monoisotopic (exact) mass is 545 g/mol. The minimum absolute atomic E-state index is 0.00577. The van der Waals surface area contributed by atoms with Crippen LogP contribution in [0.4, 0.5) is 19.0 Å². The summed E-state index contributed by atoms with van der Waals surface area (Å²) in [5.41, 5.74) is -0.0687. The topological polar surface area (TPSA) is 73.7 Å². The van der Waals surface area contributed by atoms with Crippen LogP contribution in [-0.4, -0.2) is 66.3 Å². The van der Waals surface area contributed by atoms with Crippen molar-refractivity contribution >= 4 is 17.4 Å². The zero-order valence-corrected chi connectivity index (χ0v) is 19.1. The van der Waals surface area contributed by atoms with Gasteiger partial charge in [-0.15, -0.1) is 0 Å². The van der Waals surface area contributed by atoms with E-state index in [1.54, 1.807) is 32.4 Å². The standard InChI is InChI=1S/C20H21F3IN6O/c1-29(2)16(31)10-12-11-30(9-8-25-12)15-6-5-14(20(21,22)23)18(27-15)17-13-4-3-7-26-19(13)24-28-17/h3-7,12,25H,8-11H2,1-2H3/q-1. The predicted octanol–water partition coefficient (Wildman–Crippen LogP) is -1.22. The number of aromatic nitrogens is 2. The molecule has 31 heavy (non-hydrogen) atoms. The van der Waals surface area contributed by atoms with Gasteiger partial charge in [-0.1, -0.05) is 0 Å². The second-order valence-electron chi connectivity index (χ2n) is 7.51. The SMILES string of the molecule is CN(C)C(=O)CC1CN(c2ccc(C(F)(F)F)c(C3=N[I-]c4ncccc43)n2)CCN1. The number of pyridine rings is 2. The first kappa shape index (κ1) is 21.9. The Kier molecular flexibility index (Phi) is 6.15. The number of carbonyl (C=O) groups excluding carboxylic acids is 1. The Labute approximate surface area is 188 Å². The number of piperazine rings is 1. The van der Waals surface area contributed by atoms with Gasteiger partial charge in [0.1, 0.15) is 0 Å². The summed E-state index contributed by atoms with van der Waals surface area (Å²) in [5.74, 6) is 0.443. The van der Waals surface area contributed by atoms with Crippen LogP contribution < -0.4 is 31.7 Å². The zero-order valence-electron chi connectivity index (χ0n) is 16.9. The van der Waals surface area contributed by atoms with Crippen LogP contribution in [0.1, 0.15) is 23.2 Å². The van der Waals surface area contributed by atoms with Gasteiger partial charge in [0.05, 0.1) is 0 Å². The summed E-state index contributed by atoms with van der Waals surface area (Å²) >= 11 is -0.839. The van der Waals surface area contributed by atoms with Crippen molar-refractivity contribution in [3.8, 4) is 0 Å². The maximum atomic E-state index is 13.8. The molecule has 0 saturated carbocycles. The van der Waals surface area contributed by atoms with E-state index in [0.29, 0.717) is 37.4 Å². The number of rotatable bonds is 4. The molecule has 11 heteroatoms. The molecule has 1 N–H and O–H groups in total. The van der Waals surface area contributed by atoms with Crippen molar-refractivity contribution in [1.82, 2.24) is 20.2 Å². The third kappa shape index (κ3) is 4.66. The Morgan fingerprint density at radius 1 is 1.32 bits per heavy atom. The normalized spacial score (nSPS) is 18.8. The maximum absolute atomic E-state index is 13.8. The summed E-state index contributed by atoms with van der Waals surface area (Å²) < 4.78 is 46.5. The van der Waals surface area contributed by atoms with Crippen molar-refractivity contribution in [3.63, 3.8) is 0 Å². The molecular weight excluding hydrogens is 524 g/mol. The van der Waals surface area contributed by atoms with Gasteiger partial charge >= 0.3 is 189 Å². The van der Waals surface area contributed by atoms with Gasteiger partial charge in [-0.25, -0.2) is 0 Å². The van der Waals surface area contributed by atoms with E-state index in [-0.39, 0.29) is 23.4 Å². The van der Waals surface area contributed by atoms with E-state index in [9.17, 15) is 18.0 Å². The molecule has 2 aliphatic heterocycles. The number of amides is 1. The van der Waals surface area contributed by atoms with E-state index in [2.05, 4.69) is 18.5 Å². The number of alkyl halides is 3. The predicted molar refractivity (Wildman–Crippen MR) is 105 cm³/mol. The van der Waals surface area contributed by atoms with E-state index in [1.165, 1.54) is 11.0 Å². The Hall–Kier alpha value is -2.28. The van der Waals surface area contributed by atoms with Crippen molar-refractivity contribution in [2.75, 3.05) is 38.6 Å². The molecule has 0 spiro atoms. The summed E-state index contributed by atoms with van der Waals surface area (Å²) in [4.78, 5) is 24.2. The van der Waals surface area contributed by atoms with Crippen molar-refractivity contribution in [1.29, 1.82) is 0 Å². The molecule has 0 bridgehead atoms. The molecule has 1 saturated heterocycles. The summed E-state index contributed by atoms with van der Waals surface area (Å²) in [6.45, 7) is 1.68. The second-order valence-corrected chi connectivity index (χ2v) is 9.50. The van der Waals surface area contributed by atoms with E-state index >= 15 is 0 Å². The Morgan fingerprint density at radius 2 is 2.13 bits per heavy atom. The number of carbonyl (C=O) groups is 1. The summed E-state index contributed by atoms with van der Waals surface area (Å²) in [5, 5.41) is 3.30. The Morgan fingerprint density at radius 3 is 2.87 bits per heavy atom. The fourth-order valence-corrected chi connectivity index (χ4v) is 5.46. The van der Waals surface area contributed by atoms with Crippen molar-refractivity contribution in [2.45, 2.75) is 18.6 Å². The van der Waals surface area contributed by atoms with Gasteiger partial charge in [-0.05, 0) is 0 Å². The molecule has 1 amide bonds. The van der Waals surface area contributed by atoms with Crippen LogP contribution in [-0.2, 0) is 11.0 Å². The van der Waals surface area contributed by atoms with E-state index < -0.39 is 33.2 Å². The zero-order chi connectivity index (χ0) is 22.2. The summed E-state index contributed by atoms with van der Waals surface area (Å²) in [7, 11) is 3.40. The van der Waals surface area contributed by atoms with Gasteiger partial charge in [0.25, 0.3) is 0 Å². The number of nitrogens with zero attached hydrogens (tertiary/aromatic N) is 5. The summed E-state index contributed by atoms with van der Waals surface area (Å²) in [6.07, 6.45) is -2.61. The molecule has 7 nitrogen and oxygen atoms in total. The second kappa shape index (κ2) is 8.69. The molecular formula is C20H21F3IN6O-. The van der Waals surface area contributed by atoms with Crippen molar-refractivity contribution in [2.24, 2.45) is 3.21 Å².